The van der Waals surface area contributed by atoms with E-state index in [1.165, 1.54) is 5.56 Å². The van der Waals surface area contributed by atoms with E-state index in [0.717, 1.165) is 30.0 Å². The lowest BCUT2D eigenvalue weighted by molar-refractivity contribution is 0.0986. The van der Waals surface area contributed by atoms with E-state index in [4.69, 9.17) is 0 Å². The summed E-state index contributed by atoms with van der Waals surface area (Å²) in [5.41, 5.74) is 3.64. The van der Waals surface area contributed by atoms with E-state index in [0.29, 0.717) is 5.69 Å². The van der Waals surface area contributed by atoms with Gasteiger partial charge in [-0.2, -0.15) is 0 Å². The standard InChI is InChI=1S/C17H15N3O/c1-12-18-16(15-8-4-5-10-19(12)15)17(21)20-11-9-13-6-2-3-7-14(13)20/h2-8,10H,9,11H2,1H3. The molecule has 0 radical (unpaired) electrons. The highest BCUT2D eigenvalue weighted by Crippen LogP contribution is 2.29. The maximum Gasteiger partial charge on any atom is 0.279 e. The van der Waals surface area contributed by atoms with Crippen LogP contribution >= 0.6 is 0 Å². The third-order valence-corrected chi connectivity index (χ3v) is 4.06. The molecule has 4 nitrogen and oxygen atoms in total. The Morgan fingerprint density at radius 1 is 1.14 bits per heavy atom. The summed E-state index contributed by atoms with van der Waals surface area (Å²) in [6.45, 7) is 2.64. The fourth-order valence-electron chi connectivity index (χ4n) is 3.03. The molecule has 0 saturated heterocycles. The molecule has 3 heterocycles. The molecule has 0 spiro atoms. The summed E-state index contributed by atoms with van der Waals surface area (Å²) in [6.07, 6.45) is 2.85. The number of carbonyl (C=O) groups is 1. The second kappa shape index (κ2) is 4.45. The Labute approximate surface area is 122 Å². The van der Waals surface area contributed by atoms with Gasteiger partial charge in [-0.3, -0.25) is 4.79 Å². The van der Waals surface area contributed by atoms with Crippen molar-refractivity contribution < 1.29 is 4.79 Å². The number of para-hydroxylation sites is 1. The van der Waals surface area contributed by atoms with Gasteiger partial charge in [0.05, 0.1) is 5.52 Å². The van der Waals surface area contributed by atoms with E-state index in [1.54, 1.807) is 0 Å². The average Bonchev–Trinajstić information content (AvgIpc) is 3.09. The van der Waals surface area contributed by atoms with E-state index in [2.05, 4.69) is 11.1 Å². The van der Waals surface area contributed by atoms with Crippen molar-refractivity contribution in [1.82, 2.24) is 9.38 Å². The van der Waals surface area contributed by atoms with Gasteiger partial charge in [0.25, 0.3) is 5.91 Å². The fourth-order valence-corrected chi connectivity index (χ4v) is 3.03. The van der Waals surface area contributed by atoms with Gasteiger partial charge in [-0.15, -0.1) is 0 Å². The quantitative estimate of drug-likeness (QED) is 0.686. The number of fused-ring (bicyclic) bond motifs is 2. The molecule has 2 aromatic heterocycles. The molecule has 1 amide bonds. The molecular weight excluding hydrogens is 262 g/mol. The predicted octanol–water partition coefficient (Wildman–Crippen LogP) is 2.85. The van der Waals surface area contributed by atoms with Gasteiger partial charge < -0.3 is 9.30 Å². The van der Waals surface area contributed by atoms with Gasteiger partial charge in [0.2, 0.25) is 0 Å². The monoisotopic (exact) mass is 277 g/mol. The van der Waals surface area contributed by atoms with Crippen LogP contribution in [-0.2, 0) is 6.42 Å². The summed E-state index contributed by atoms with van der Waals surface area (Å²) in [5, 5.41) is 0. The molecule has 21 heavy (non-hydrogen) atoms. The van der Waals surface area contributed by atoms with E-state index in [-0.39, 0.29) is 5.91 Å². The minimum Gasteiger partial charge on any atom is -0.306 e. The van der Waals surface area contributed by atoms with Crippen molar-refractivity contribution in [2.24, 2.45) is 0 Å². The first-order chi connectivity index (χ1) is 10.3. The highest BCUT2D eigenvalue weighted by Gasteiger charge is 2.28. The van der Waals surface area contributed by atoms with Gasteiger partial charge >= 0.3 is 0 Å². The molecule has 4 rings (SSSR count). The number of imidazole rings is 1. The minimum absolute atomic E-state index is 0.0169. The minimum atomic E-state index is -0.0169. The summed E-state index contributed by atoms with van der Waals surface area (Å²) in [7, 11) is 0. The number of anilines is 1. The average molecular weight is 277 g/mol. The SMILES string of the molecule is Cc1nc(C(=O)N2CCc3ccccc32)c2ccccn12. The Kier molecular flexibility index (Phi) is 2.57. The number of amides is 1. The maximum atomic E-state index is 12.9. The lowest BCUT2D eigenvalue weighted by atomic mass is 10.2. The molecule has 0 unspecified atom stereocenters. The second-order valence-corrected chi connectivity index (χ2v) is 5.30. The van der Waals surface area contributed by atoms with Gasteiger partial charge in [0.1, 0.15) is 5.82 Å². The number of aryl methyl sites for hydroxylation is 1. The molecule has 0 fully saturated rings. The molecule has 0 N–H and O–H groups in total. The van der Waals surface area contributed by atoms with Crippen LogP contribution in [0.4, 0.5) is 5.69 Å². The highest BCUT2D eigenvalue weighted by molar-refractivity contribution is 6.10. The molecule has 4 heteroatoms. The molecule has 1 aliphatic heterocycles. The zero-order valence-electron chi connectivity index (χ0n) is 11.8. The van der Waals surface area contributed by atoms with Gasteiger partial charge in [-0.1, -0.05) is 24.3 Å². The van der Waals surface area contributed by atoms with Crippen molar-refractivity contribution in [2.75, 3.05) is 11.4 Å². The number of benzene rings is 1. The Bertz CT molecular complexity index is 850. The smallest absolute Gasteiger partial charge is 0.279 e. The normalized spacial score (nSPS) is 13.7. The first kappa shape index (κ1) is 12.1. The van der Waals surface area contributed by atoms with Crippen LogP contribution in [0.15, 0.2) is 48.7 Å². The van der Waals surface area contributed by atoms with E-state index < -0.39 is 0 Å². The molecule has 104 valence electrons. The summed E-state index contributed by atoms with van der Waals surface area (Å²) in [5.74, 6) is 0.818. The number of rotatable bonds is 1. The Balaban J connectivity index is 1.82. The van der Waals surface area contributed by atoms with Crippen LogP contribution in [0.1, 0.15) is 21.9 Å². The van der Waals surface area contributed by atoms with Crippen molar-refractivity contribution in [1.29, 1.82) is 0 Å². The van der Waals surface area contributed by atoms with E-state index >= 15 is 0 Å². The number of hydrogen-bond donors (Lipinski definition) is 0. The third-order valence-electron chi connectivity index (χ3n) is 4.06. The van der Waals surface area contributed by atoms with Crippen LogP contribution in [-0.4, -0.2) is 21.8 Å². The molecule has 1 aliphatic rings. The maximum absolute atomic E-state index is 12.9. The van der Waals surface area contributed by atoms with Crippen LogP contribution in [0.5, 0.6) is 0 Å². The van der Waals surface area contributed by atoms with Crippen LogP contribution in [0.2, 0.25) is 0 Å². The summed E-state index contributed by atoms with van der Waals surface area (Å²) in [6, 6.07) is 13.9. The van der Waals surface area contributed by atoms with Crippen molar-refractivity contribution in [3.8, 4) is 0 Å². The van der Waals surface area contributed by atoms with Crippen molar-refractivity contribution in [2.45, 2.75) is 13.3 Å². The lowest BCUT2D eigenvalue weighted by Gasteiger charge is -2.16. The largest absolute Gasteiger partial charge is 0.306 e. The van der Waals surface area contributed by atoms with Crippen LogP contribution < -0.4 is 4.90 Å². The first-order valence-electron chi connectivity index (χ1n) is 7.09. The number of aromatic nitrogens is 2. The molecule has 3 aromatic rings. The van der Waals surface area contributed by atoms with E-state index in [1.807, 2.05) is 58.8 Å². The number of carbonyl (C=O) groups excluding carboxylic acids is 1. The zero-order chi connectivity index (χ0) is 14.4. The zero-order valence-corrected chi connectivity index (χ0v) is 11.8. The number of hydrogen-bond acceptors (Lipinski definition) is 2. The van der Waals surface area contributed by atoms with Gasteiger partial charge in [0.15, 0.2) is 5.69 Å². The first-order valence-corrected chi connectivity index (χ1v) is 7.09. The van der Waals surface area contributed by atoms with Gasteiger partial charge in [-0.05, 0) is 37.1 Å². The number of nitrogens with zero attached hydrogens (tertiary/aromatic N) is 3. The Morgan fingerprint density at radius 3 is 2.86 bits per heavy atom. The molecule has 0 aliphatic carbocycles. The molecule has 0 bridgehead atoms. The fraction of sp³-hybridized carbons (Fsp3) is 0.176. The van der Waals surface area contributed by atoms with Crippen LogP contribution in [0.3, 0.4) is 0 Å². The van der Waals surface area contributed by atoms with Gasteiger partial charge in [0, 0.05) is 18.4 Å². The Hall–Kier alpha value is -2.62. The molecular formula is C17H15N3O. The van der Waals surface area contributed by atoms with E-state index in [9.17, 15) is 4.79 Å². The van der Waals surface area contributed by atoms with Gasteiger partial charge in [-0.25, -0.2) is 4.98 Å². The lowest BCUT2D eigenvalue weighted by Crippen LogP contribution is -2.29. The van der Waals surface area contributed by atoms with Crippen LogP contribution in [0, 0.1) is 6.92 Å². The summed E-state index contributed by atoms with van der Waals surface area (Å²) in [4.78, 5) is 19.2. The van der Waals surface area contributed by atoms with Crippen molar-refractivity contribution in [3.05, 3.63) is 65.7 Å². The van der Waals surface area contributed by atoms with Crippen molar-refractivity contribution in [3.63, 3.8) is 0 Å². The highest BCUT2D eigenvalue weighted by atomic mass is 16.2. The summed E-state index contributed by atoms with van der Waals surface area (Å²) >= 11 is 0. The summed E-state index contributed by atoms with van der Waals surface area (Å²) < 4.78 is 1.95. The number of pyridine rings is 1. The Morgan fingerprint density at radius 2 is 1.95 bits per heavy atom. The molecule has 0 saturated carbocycles. The predicted molar refractivity (Wildman–Crippen MR) is 81.8 cm³/mol. The van der Waals surface area contributed by atoms with Crippen LogP contribution in [0.25, 0.3) is 5.52 Å². The van der Waals surface area contributed by atoms with Crippen molar-refractivity contribution >= 4 is 17.1 Å². The third kappa shape index (κ3) is 1.76. The topological polar surface area (TPSA) is 37.6 Å². The second-order valence-electron chi connectivity index (χ2n) is 5.30. The molecule has 0 atom stereocenters. The molecule has 1 aromatic carbocycles.